The second-order valence-electron chi connectivity index (χ2n) is 7.82. The van der Waals surface area contributed by atoms with Crippen molar-refractivity contribution in [3.8, 4) is 23.0 Å². The fourth-order valence-corrected chi connectivity index (χ4v) is 3.03. The van der Waals surface area contributed by atoms with Gasteiger partial charge in [-0.2, -0.15) is 0 Å². The molecule has 0 aliphatic rings. The highest BCUT2D eigenvalue weighted by Gasteiger charge is 2.38. The number of hydrogen-bond donors (Lipinski definition) is 4. The van der Waals surface area contributed by atoms with Crippen LogP contribution >= 0.6 is 0 Å². The molecular formula is C27H30O9. The highest BCUT2D eigenvalue weighted by Crippen LogP contribution is 2.32. The first-order valence-electron chi connectivity index (χ1n) is 11.0. The van der Waals surface area contributed by atoms with Gasteiger partial charge in [-0.05, 0) is 54.0 Å². The molecule has 192 valence electrons. The second kappa shape index (κ2) is 13.1. The van der Waals surface area contributed by atoms with E-state index in [0.717, 1.165) is 6.08 Å². The van der Waals surface area contributed by atoms with Gasteiger partial charge in [0.1, 0.15) is 11.2 Å². The Hall–Kier alpha value is -4.08. The summed E-state index contributed by atoms with van der Waals surface area (Å²) in [7, 11) is 2.80. The molecule has 2 aromatic rings. The van der Waals surface area contributed by atoms with E-state index in [1.54, 1.807) is 37.3 Å². The third-order valence-electron chi connectivity index (χ3n) is 5.49. The predicted molar refractivity (Wildman–Crippen MR) is 134 cm³/mol. The third-order valence-corrected chi connectivity index (χ3v) is 5.49. The first kappa shape index (κ1) is 28.2. The maximum Gasteiger partial charge on any atom is 0.322 e. The molecule has 4 N–H and O–H groups in total. The molecule has 0 atom stereocenters. The number of rotatable bonds is 12. The van der Waals surface area contributed by atoms with Gasteiger partial charge in [-0.25, -0.2) is 0 Å². The van der Waals surface area contributed by atoms with E-state index in [9.17, 15) is 30.0 Å². The Bertz CT molecular complexity index is 1150. The number of carbonyl (C=O) groups excluding carboxylic acids is 2. The lowest BCUT2D eigenvalue weighted by atomic mass is 9.87. The minimum absolute atomic E-state index is 0.0121. The van der Waals surface area contributed by atoms with E-state index in [4.69, 9.17) is 14.2 Å². The van der Waals surface area contributed by atoms with Crippen LogP contribution in [0.2, 0.25) is 0 Å². The molecule has 0 spiro atoms. The number of esters is 1. The van der Waals surface area contributed by atoms with Crippen LogP contribution in [0, 0.1) is 5.41 Å². The highest BCUT2D eigenvalue weighted by atomic mass is 16.6. The number of carbonyl (C=O) groups is 2. The van der Waals surface area contributed by atoms with Crippen LogP contribution < -0.4 is 14.2 Å². The van der Waals surface area contributed by atoms with Gasteiger partial charge in [0, 0.05) is 6.08 Å². The van der Waals surface area contributed by atoms with Crippen molar-refractivity contribution in [1.29, 1.82) is 0 Å². The van der Waals surface area contributed by atoms with E-state index < -0.39 is 30.4 Å². The SMILES string of the molecule is CCC(CO)(CO)C(=O)Oc1ccc(/C=C/C(=O)/C=C(O)/C=C/c2ccc(O)c(OC)c2)cc1OC. The standard InChI is InChI=1S/C27H30O9/c1-4-27(16-28,17-29)26(33)36-23-12-8-19(14-25(23)35-3)6-10-21(31)15-20(30)9-5-18-7-11-22(32)24(13-18)34-2/h5-15,28-30,32H,4,16-17H2,1-3H3/b9-5+,10-6+,20-15-. The molecule has 0 fully saturated rings. The van der Waals surface area contributed by atoms with Crippen LogP contribution in [0.4, 0.5) is 0 Å². The van der Waals surface area contributed by atoms with Gasteiger partial charge >= 0.3 is 5.97 Å². The third kappa shape index (κ3) is 7.21. The summed E-state index contributed by atoms with van der Waals surface area (Å²) in [6.45, 7) is 0.522. The molecule has 0 aromatic heterocycles. The van der Waals surface area contributed by atoms with E-state index in [-0.39, 0.29) is 35.2 Å². The van der Waals surface area contributed by atoms with E-state index in [0.29, 0.717) is 11.1 Å². The average Bonchev–Trinajstić information content (AvgIpc) is 2.88. The molecule has 0 saturated carbocycles. The first-order chi connectivity index (χ1) is 17.2. The van der Waals surface area contributed by atoms with Crippen LogP contribution in [0.5, 0.6) is 23.0 Å². The van der Waals surface area contributed by atoms with Crippen LogP contribution in [0.15, 0.2) is 60.4 Å². The fraction of sp³-hybridized carbons (Fsp3) is 0.259. The molecule has 0 radical (unpaired) electrons. The Morgan fingerprint density at radius 2 is 1.47 bits per heavy atom. The zero-order chi connectivity index (χ0) is 26.7. The Labute approximate surface area is 209 Å². The normalized spacial score (nSPS) is 12.2. The smallest absolute Gasteiger partial charge is 0.322 e. The topological polar surface area (TPSA) is 143 Å². The molecule has 2 aromatic carbocycles. The minimum atomic E-state index is -1.42. The maximum absolute atomic E-state index is 12.5. The second-order valence-corrected chi connectivity index (χ2v) is 7.82. The first-order valence-corrected chi connectivity index (χ1v) is 11.0. The zero-order valence-corrected chi connectivity index (χ0v) is 20.3. The van der Waals surface area contributed by atoms with Crippen LogP contribution in [0.3, 0.4) is 0 Å². The number of allylic oxidation sites excluding steroid dienone is 3. The molecule has 9 nitrogen and oxygen atoms in total. The number of phenolic OH excluding ortho intramolecular Hbond substituents is 1. The fourth-order valence-electron chi connectivity index (χ4n) is 3.03. The molecule has 0 saturated heterocycles. The molecule has 0 unspecified atom stereocenters. The molecule has 0 aliphatic carbocycles. The zero-order valence-electron chi connectivity index (χ0n) is 20.3. The van der Waals surface area contributed by atoms with Crippen LogP contribution in [0.1, 0.15) is 24.5 Å². The summed E-state index contributed by atoms with van der Waals surface area (Å²) < 4.78 is 15.6. The molecule has 2 rings (SSSR count). The lowest BCUT2D eigenvalue weighted by Gasteiger charge is -2.25. The van der Waals surface area contributed by atoms with Gasteiger partial charge in [0.15, 0.2) is 28.8 Å². The average molecular weight is 499 g/mol. The van der Waals surface area contributed by atoms with Crippen LogP contribution in [0.25, 0.3) is 12.2 Å². The monoisotopic (exact) mass is 498 g/mol. The van der Waals surface area contributed by atoms with Crippen molar-refractivity contribution < 1.29 is 44.2 Å². The van der Waals surface area contributed by atoms with Crippen LogP contribution in [-0.4, -0.2) is 59.6 Å². The van der Waals surface area contributed by atoms with E-state index in [2.05, 4.69) is 0 Å². The Balaban J connectivity index is 2.10. The van der Waals surface area contributed by atoms with Gasteiger partial charge in [-0.1, -0.05) is 31.2 Å². The number of methoxy groups -OCH3 is 2. The number of aromatic hydroxyl groups is 1. The molecule has 0 amide bonds. The minimum Gasteiger partial charge on any atom is -0.508 e. The van der Waals surface area contributed by atoms with E-state index >= 15 is 0 Å². The molecule has 0 bridgehead atoms. The number of benzene rings is 2. The lowest BCUT2D eigenvalue weighted by Crippen LogP contribution is -2.41. The van der Waals surface area contributed by atoms with Crippen molar-refractivity contribution >= 4 is 23.9 Å². The number of ether oxygens (including phenoxy) is 3. The van der Waals surface area contributed by atoms with Crippen molar-refractivity contribution in [3.63, 3.8) is 0 Å². The highest BCUT2D eigenvalue weighted by molar-refractivity contribution is 6.02. The van der Waals surface area contributed by atoms with Gasteiger partial charge in [0.05, 0.1) is 27.4 Å². The summed E-state index contributed by atoms with van der Waals surface area (Å²) >= 11 is 0. The summed E-state index contributed by atoms with van der Waals surface area (Å²) in [5.41, 5.74) is -0.215. The number of hydrogen-bond acceptors (Lipinski definition) is 9. The van der Waals surface area contributed by atoms with Gasteiger partial charge in [-0.15, -0.1) is 0 Å². The number of aliphatic hydroxyl groups excluding tert-OH is 3. The van der Waals surface area contributed by atoms with Crippen molar-refractivity contribution in [2.45, 2.75) is 13.3 Å². The number of aliphatic hydroxyl groups is 3. The van der Waals surface area contributed by atoms with Crippen molar-refractivity contribution in [3.05, 3.63) is 71.5 Å². The summed E-state index contributed by atoms with van der Waals surface area (Å²) in [6.07, 6.45) is 6.84. The largest absolute Gasteiger partial charge is 0.508 e. The van der Waals surface area contributed by atoms with E-state index in [1.165, 1.54) is 44.6 Å². The Morgan fingerprint density at radius 3 is 2.06 bits per heavy atom. The summed E-state index contributed by atoms with van der Waals surface area (Å²) in [5.74, 6) is -0.962. The van der Waals surface area contributed by atoms with E-state index in [1.807, 2.05) is 0 Å². The quantitative estimate of drug-likeness (QED) is 0.114. The molecule has 0 heterocycles. The summed E-state index contributed by atoms with van der Waals surface area (Å²) in [4.78, 5) is 24.7. The van der Waals surface area contributed by atoms with Gasteiger partial charge < -0.3 is 34.6 Å². The number of phenols is 1. The van der Waals surface area contributed by atoms with Gasteiger partial charge in [0.25, 0.3) is 0 Å². The Morgan fingerprint density at radius 1 is 0.889 bits per heavy atom. The summed E-state index contributed by atoms with van der Waals surface area (Å²) in [5, 5.41) is 38.7. The lowest BCUT2D eigenvalue weighted by molar-refractivity contribution is -0.151. The van der Waals surface area contributed by atoms with Crippen molar-refractivity contribution in [2.24, 2.45) is 5.41 Å². The molecular weight excluding hydrogens is 468 g/mol. The van der Waals surface area contributed by atoms with Gasteiger partial charge in [0.2, 0.25) is 0 Å². The van der Waals surface area contributed by atoms with Gasteiger partial charge in [-0.3, -0.25) is 9.59 Å². The van der Waals surface area contributed by atoms with Crippen molar-refractivity contribution in [2.75, 3.05) is 27.4 Å². The predicted octanol–water partition coefficient (Wildman–Crippen LogP) is 3.43. The van der Waals surface area contributed by atoms with Crippen LogP contribution in [-0.2, 0) is 9.59 Å². The maximum atomic E-state index is 12.5. The molecule has 9 heteroatoms. The van der Waals surface area contributed by atoms with Crippen molar-refractivity contribution in [1.82, 2.24) is 0 Å². The Kier molecular flexibility index (Phi) is 10.3. The molecule has 36 heavy (non-hydrogen) atoms. The molecule has 0 aliphatic heterocycles. The summed E-state index contributed by atoms with van der Waals surface area (Å²) in [6, 6.07) is 9.24. The number of ketones is 1.